The third-order valence-electron chi connectivity index (χ3n) is 4.77. The van der Waals surface area contributed by atoms with Crippen molar-refractivity contribution < 1.29 is 9.90 Å². The Labute approximate surface area is 125 Å². The molecule has 0 spiro atoms. The third kappa shape index (κ3) is 3.26. The molecule has 2 atom stereocenters. The SMILES string of the molecule is O=C(NN=Cc1ccccc1O)C1C2CCCCCCC21. The average molecular weight is 286 g/mol. The predicted molar refractivity (Wildman–Crippen MR) is 82.0 cm³/mol. The molecule has 0 radical (unpaired) electrons. The van der Waals surface area contributed by atoms with Gasteiger partial charge in [-0.1, -0.05) is 37.8 Å². The molecule has 2 fully saturated rings. The highest BCUT2D eigenvalue weighted by atomic mass is 16.3. The molecule has 0 bridgehead atoms. The lowest BCUT2D eigenvalue weighted by Crippen LogP contribution is -2.21. The van der Waals surface area contributed by atoms with E-state index in [-0.39, 0.29) is 17.6 Å². The fourth-order valence-corrected chi connectivity index (χ4v) is 3.57. The lowest BCUT2D eigenvalue weighted by molar-refractivity contribution is -0.122. The number of phenolic OH excluding ortho intramolecular Hbond substituents is 1. The number of nitrogens with zero attached hydrogens (tertiary/aromatic N) is 1. The maximum Gasteiger partial charge on any atom is 0.243 e. The van der Waals surface area contributed by atoms with E-state index < -0.39 is 0 Å². The molecule has 3 rings (SSSR count). The smallest absolute Gasteiger partial charge is 0.243 e. The van der Waals surface area contributed by atoms with Gasteiger partial charge >= 0.3 is 0 Å². The number of hydrazone groups is 1. The van der Waals surface area contributed by atoms with Crippen LogP contribution in [0.1, 0.15) is 44.1 Å². The van der Waals surface area contributed by atoms with Crippen molar-refractivity contribution >= 4 is 12.1 Å². The van der Waals surface area contributed by atoms with Crippen LogP contribution < -0.4 is 5.43 Å². The van der Waals surface area contributed by atoms with Gasteiger partial charge in [0.1, 0.15) is 5.75 Å². The van der Waals surface area contributed by atoms with Gasteiger partial charge in [0.25, 0.3) is 0 Å². The Morgan fingerprint density at radius 2 is 1.81 bits per heavy atom. The standard InChI is InChI=1S/C17H22N2O2/c20-15-10-6-5-7-12(15)11-18-19-17(21)16-13-8-3-1-2-4-9-14(13)16/h5-7,10-11,13-14,16,20H,1-4,8-9H2,(H,19,21). The predicted octanol–water partition coefficient (Wildman–Crippen LogP) is 3.06. The fourth-order valence-electron chi connectivity index (χ4n) is 3.57. The number of fused-ring (bicyclic) bond motifs is 1. The number of carbonyl (C=O) groups excluding carboxylic acids is 1. The van der Waals surface area contributed by atoms with E-state index in [4.69, 9.17) is 0 Å². The molecule has 1 aromatic rings. The third-order valence-corrected chi connectivity index (χ3v) is 4.77. The summed E-state index contributed by atoms with van der Waals surface area (Å²) in [5, 5.41) is 13.6. The van der Waals surface area contributed by atoms with Gasteiger partial charge in [-0.3, -0.25) is 4.79 Å². The van der Waals surface area contributed by atoms with Gasteiger partial charge < -0.3 is 5.11 Å². The zero-order valence-corrected chi connectivity index (χ0v) is 12.2. The quantitative estimate of drug-likeness (QED) is 0.662. The molecule has 4 nitrogen and oxygen atoms in total. The normalized spacial score (nSPS) is 28.5. The van der Waals surface area contributed by atoms with Crippen molar-refractivity contribution in [1.29, 1.82) is 0 Å². The summed E-state index contributed by atoms with van der Waals surface area (Å²) in [6, 6.07) is 6.94. The fraction of sp³-hybridized carbons (Fsp3) is 0.529. The number of amides is 1. The van der Waals surface area contributed by atoms with Crippen LogP contribution in [0.2, 0.25) is 0 Å². The summed E-state index contributed by atoms with van der Waals surface area (Å²) in [5.74, 6) is 1.52. The van der Waals surface area contributed by atoms with Crippen LogP contribution in [0.5, 0.6) is 5.75 Å². The van der Waals surface area contributed by atoms with Gasteiger partial charge in [-0.25, -0.2) is 5.43 Å². The van der Waals surface area contributed by atoms with Crippen LogP contribution in [0.4, 0.5) is 0 Å². The molecule has 2 aliphatic carbocycles. The minimum atomic E-state index is 0.0403. The molecule has 1 aromatic carbocycles. The van der Waals surface area contributed by atoms with Crippen LogP contribution >= 0.6 is 0 Å². The molecular formula is C17H22N2O2. The molecule has 2 saturated carbocycles. The number of phenols is 1. The van der Waals surface area contributed by atoms with E-state index in [0.29, 0.717) is 17.4 Å². The zero-order chi connectivity index (χ0) is 14.7. The molecule has 1 amide bonds. The van der Waals surface area contributed by atoms with Crippen molar-refractivity contribution in [1.82, 2.24) is 5.43 Å². The molecule has 0 aromatic heterocycles. The summed E-state index contributed by atoms with van der Waals surface area (Å²) in [7, 11) is 0. The van der Waals surface area contributed by atoms with Gasteiger partial charge in [-0.15, -0.1) is 0 Å². The lowest BCUT2D eigenvalue weighted by atomic mass is 10.0. The highest BCUT2D eigenvalue weighted by molar-refractivity contribution is 5.86. The van der Waals surface area contributed by atoms with E-state index in [1.54, 1.807) is 18.2 Å². The van der Waals surface area contributed by atoms with Crippen molar-refractivity contribution in [2.45, 2.75) is 38.5 Å². The first-order valence-electron chi connectivity index (χ1n) is 7.88. The molecule has 2 N–H and O–H groups in total. The van der Waals surface area contributed by atoms with Crippen LogP contribution in [-0.4, -0.2) is 17.2 Å². The number of para-hydroxylation sites is 1. The summed E-state index contributed by atoms with van der Waals surface area (Å²) >= 11 is 0. The number of aromatic hydroxyl groups is 1. The second kappa shape index (κ2) is 6.29. The highest BCUT2D eigenvalue weighted by Crippen LogP contribution is 2.53. The average Bonchev–Trinajstić information content (AvgIpc) is 3.12. The van der Waals surface area contributed by atoms with E-state index >= 15 is 0 Å². The maximum atomic E-state index is 12.2. The van der Waals surface area contributed by atoms with Crippen molar-refractivity contribution in [2.24, 2.45) is 22.9 Å². The summed E-state index contributed by atoms with van der Waals surface area (Å²) in [6.45, 7) is 0. The highest BCUT2D eigenvalue weighted by Gasteiger charge is 2.53. The molecule has 0 saturated heterocycles. The first kappa shape index (κ1) is 14.1. The Kier molecular flexibility index (Phi) is 4.23. The Balaban J connectivity index is 1.54. The van der Waals surface area contributed by atoms with E-state index in [9.17, 15) is 9.90 Å². The lowest BCUT2D eigenvalue weighted by Gasteiger charge is -2.04. The minimum absolute atomic E-state index is 0.0403. The minimum Gasteiger partial charge on any atom is -0.507 e. The van der Waals surface area contributed by atoms with Crippen molar-refractivity contribution in [3.8, 4) is 5.75 Å². The molecule has 2 unspecified atom stereocenters. The van der Waals surface area contributed by atoms with Gasteiger partial charge in [0.15, 0.2) is 0 Å². The molecular weight excluding hydrogens is 264 g/mol. The van der Waals surface area contributed by atoms with Crippen LogP contribution in [-0.2, 0) is 4.79 Å². The number of nitrogens with one attached hydrogen (secondary N) is 1. The van der Waals surface area contributed by atoms with Gasteiger partial charge in [-0.2, -0.15) is 5.10 Å². The second-order valence-corrected chi connectivity index (χ2v) is 6.14. The van der Waals surface area contributed by atoms with Crippen LogP contribution in [0, 0.1) is 17.8 Å². The van der Waals surface area contributed by atoms with E-state index in [1.165, 1.54) is 44.7 Å². The van der Waals surface area contributed by atoms with Crippen molar-refractivity contribution in [2.75, 3.05) is 0 Å². The van der Waals surface area contributed by atoms with Gasteiger partial charge in [0, 0.05) is 11.5 Å². The summed E-state index contributed by atoms with van der Waals surface area (Å²) < 4.78 is 0. The topological polar surface area (TPSA) is 61.7 Å². The van der Waals surface area contributed by atoms with Gasteiger partial charge in [0.05, 0.1) is 6.21 Å². The first-order chi connectivity index (χ1) is 10.3. The van der Waals surface area contributed by atoms with Crippen molar-refractivity contribution in [3.05, 3.63) is 29.8 Å². The first-order valence-corrected chi connectivity index (χ1v) is 7.88. The Morgan fingerprint density at radius 1 is 1.14 bits per heavy atom. The van der Waals surface area contributed by atoms with E-state index in [1.807, 2.05) is 6.07 Å². The van der Waals surface area contributed by atoms with Gasteiger partial charge in [0.2, 0.25) is 5.91 Å². The molecule has 2 aliphatic rings. The van der Waals surface area contributed by atoms with Crippen LogP contribution in [0.25, 0.3) is 0 Å². The molecule has 112 valence electrons. The van der Waals surface area contributed by atoms with Crippen molar-refractivity contribution in [3.63, 3.8) is 0 Å². The number of hydrogen-bond acceptors (Lipinski definition) is 3. The van der Waals surface area contributed by atoms with Gasteiger partial charge in [-0.05, 0) is 36.8 Å². The van der Waals surface area contributed by atoms with E-state index in [0.717, 1.165) is 0 Å². The number of benzene rings is 1. The molecule has 4 heteroatoms. The number of rotatable bonds is 3. The molecule has 21 heavy (non-hydrogen) atoms. The largest absolute Gasteiger partial charge is 0.507 e. The molecule has 0 aliphatic heterocycles. The number of carbonyl (C=O) groups is 1. The zero-order valence-electron chi connectivity index (χ0n) is 12.2. The van der Waals surface area contributed by atoms with E-state index in [2.05, 4.69) is 10.5 Å². The van der Waals surface area contributed by atoms with Crippen LogP contribution in [0.15, 0.2) is 29.4 Å². The Bertz CT molecular complexity index is 527. The monoisotopic (exact) mass is 286 g/mol. The summed E-state index contributed by atoms with van der Waals surface area (Å²) in [5.41, 5.74) is 3.25. The second-order valence-electron chi connectivity index (χ2n) is 6.14. The Morgan fingerprint density at radius 3 is 2.48 bits per heavy atom. The Hall–Kier alpha value is -1.84. The summed E-state index contributed by atoms with van der Waals surface area (Å²) in [6.07, 6.45) is 9.00. The summed E-state index contributed by atoms with van der Waals surface area (Å²) in [4.78, 5) is 12.2. The molecule has 0 heterocycles. The maximum absolute atomic E-state index is 12.2. The van der Waals surface area contributed by atoms with Crippen LogP contribution in [0.3, 0.4) is 0 Å². The number of hydrogen-bond donors (Lipinski definition) is 2.